The average Bonchev–Trinajstić information content (AvgIpc) is 3.17. The van der Waals surface area contributed by atoms with Crippen molar-refractivity contribution in [2.24, 2.45) is 0 Å². The first-order valence-electron chi connectivity index (χ1n) is 18.3. The summed E-state index contributed by atoms with van der Waals surface area (Å²) in [7, 11) is 0. The number of hydrogen-bond acceptors (Lipinski definition) is 24. The minimum Gasteiger partial charge on any atom is -0.394 e. The largest absolute Gasteiger partial charge is 0.394 e. The summed E-state index contributed by atoms with van der Waals surface area (Å²) in [5, 5.41) is 150. The van der Waals surface area contributed by atoms with Crippen molar-refractivity contribution in [3.05, 3.63) is 0 Å². The fourth-order valence-electron chi connectivity index (χ4n) is 7.31. The number of aliphatic hydroxyl groups excluding tert-OH is 14. The van der Waals surface area contributed by atoms with Crippen molar-refractivity contribution >= 4 is 5.91 Å². The van der Waals surface area contributed by atoms with Crippen molar-refractivity contribution in [1.82, 2.24) is 5.32 Å². The molecule has 5 aliphatic rings. The number of amides is 1. The van der Waals surface area contributed by atoms with Crippen molar-refractivity contribution < 1.29 is 119 Å². The van der Waals surface area contributed by atoms with Crippen LogP contribution >= 0.6 is 0 Å². The van der Waals surface area contributed by atoms with Gasteiger partial charge in [0.2, 0.25) is 5.91 Å². The van der Waals surface area contributed by atoms with Gasteiger partial charge in [-0.2, -0.15) is 0 Å². The lowest BCUT2D eigenvalue weighted by Gasteiger charge is -2.50. The molecule has 1 unspecified atom stereocenters. The molecule has 5 fully saturated rings. The second kappa shape index (κ2) is 19.5. The second-order valence-corrected chi connectivity index (χ2v) is 14.7. The highest BCUT2D eigenvalue weighted by molar-refractivity contribution is 5.73. The number of carbonyl (C=O) groups excluding carboxylic acids is 1. The molecule has 0 spiro atoms. The molecule has 5 aliphatic heterocycles. The van der Waals surface area contributed by atoms with Gasteiger partial charge in [0.15, 0.2) is 31.5 Å². The topological polar surface area (TPSA) is 395 Å². The Morgan fingerprint density at radius 1 is 0.456 bits per heavy atom. The molecule has 25 nitrogen and oxygen atoms in total. The molecule has 0 radical (unpaired) electrons. The molecular weight excluding hydrogens is 782 g/mol. The van der Waals surface area contributed by atoms with Crippen LogP contribution in [-0.4, -0.2) is 251 Å². The van der Waals surface area contributed by atoms with Crippen molar-refractivity contribution in [3.8, 4) is 0 Å². The van der Waals surface area contributed by atoms with Crippen molar-refractivity contribution in [2.45, 2.75) is 174 Å². The summed E-state index contributed by atoms with van der Waals surface area (Å²) in [6.07, 6.45) is -41.8. The third kappa shape index (κ3) is 9.71. The first-order chi connectivity index (χ1) is 26.8. The van der Waals surface area contributed by atoms with Crippen LogP contribution in [0.15, 0.2) is 0 Å². The first-order valence-corrected chi connectivity index (χ1v) is 18.3. The Kier molecular flexibility index (Phi) is 16.0. The molecule has 0 aromatic carbocycles. The van der Waals surface area contributed by atoms with Gasteiger partial charge in [-0.1, -0.05) is 0 Å². The highest BCUT2D eigenvalue weighted by Crippen LogP contribution is 2.36. The molecule has 332 valence electrons. The number of ether oxygens (including phenoxy) is 9. The van der Waals surface area contributed by atoms with Crippen LogP contribution in [0.1, 0.15) is 20.8 Å². The highest BCUT2D eigenvalue weighted by Gasteiger charge is 2.57. The summed E-state index contributed by atoms with van der Waals surface area (Å²) >= 11 is 0. The summed E-state index contributed by atoms with van der Waals surface area (Å²) in [5.74, 6) is -0.764. The zero-order chi connectivity index (χ0) is 42.2. The maximum atomic E-state index is 12.4. The van der Waals surface area contributed by atoms with Gasteiger partial charge in [-0.15, -0.1) is 0 Å². The van der Waals surface area contributed by atoms with E-state index in [-0.39, 0.29) is 0 Å². The number of hydrogen-bond donors (Lipinski definition) is 15. The van der Waals surface area contributed by atoms with Crippen molar-refractivity contribution in [3.63, 3.8) is 0 Å². The Morgan fingerprint density at radius 3 is 1.37 bits per heavy atom. The maximum absolute atomic E-state index is 12.4. The number of aliphatic hydroxyl groups is 14. The summed E-state index contributed by atoms with van der Waals surface area (Å²) < 4.78 is 51.0. The van der Waals surface area contributed by atoms with Crippen LogP contribution in [0.4, 0.5) is 0 Å². The molecule has 0 aromatic heterocycles. The number of carbonyl (C=O) groups is 1. The van der Waals surface area contributed by atoms with Crippen LogP contribution < -0.4 is 5.32 Å². The molecular formula is C32H55NO24. The van der Waals surface area contributed by atoms with E-state index in [0.29, 0.717) is 0 Å². The van der Waals surface area contributed by atoms with E-state index in [0.717, 1.165) is 6.92 Å². The van der Waals surface area contributed by atoms with Gasteiger partial charge in [0, 0.05) is 6.92 Å². The Hall–Kier alpha value is -1.45. The van der Waals surface area contributed by atoms with Gasteiger partial charge >= 0.3 is 0 Å². The molecule has 0 saturated carbocycles. The van der Waals surface area contributed by atoms with Gasteiger partial charge in [-0.05, 0) is 13.8 Å². The van der Waals surface area contributed by atoms with Gasteiger partial charge in [0.25, 0.3) is 0 Å². The lowest BCUT2D eigenvalue weighted by atomic mass is 9.94. The van der Waals surface area contributed by atoms with E-state index < -0.39 is 179 Å². The maximum Gasteiger partial charge on any atom is 0.217 e. The van der Waals surface area contributed by atoms with Gasteiger partial charge in [0.1, 0.15) is 110 Å². The summed E-state index contributed by atoms with van der Waals surface area (Å²) in [6.45, 7) is 0.979. The first kappa shape index (κ1) is 46.6. The van der Waals surface area contributed by atoms with E-state index >= 15 is 0 Å². The van der Waals surface area contributed by atoms with Crippen LogP contribution in [0.3, 0.4) is 0 Å². The van der Waals surface area contributed by atoms with Crippen LogP contribution in [0.5, 0.6) is 0 Å². The molecule has 5 saturated heterocycles. The fourth-order valence-corrected chi connectivity index (χ4v) is 7.31. The SMILES string of the molecule is CC(=O)N[C@H]1[C@H](O[C@H]2[C@@H](O)[C@@H](CO)O[C@@H](O[C@H]3[C@H](O[C@@H]4O[C@@H](C)[C@@H](O)[C@@H](O)[C@@H]4O)[C@@H](O)C(O)O[C@@H]3CO)[C@@H]2O)O[C@H](CO)[C@@H](O)[C@@H]1O[C@@H]1O[C@@H](C)[C@@H](O)[C@@H](O)[C@@H]1O. The van der Waals surface area contributed by atoms with Gasteiger partial charge < -0.3 is 119 Å². The van der Waals surface area contributed by atoms with Crippen molar-refractivity contribution in [1.29, 1.82) is 0 Å². The van der Waals surface area contributed by atoms with E-state index in [1.54, 1.807) is 0 Å². The van der Waals surface area contributed by atoms with Crippen LogP contribution in [0.2, 0.25) is 0 Å². The second-order valence-electron chi connectivity index (χ2n) is 14.7. The molecule has 0 aromatic rings. The molecule has 1 amide bonds. The molecule has 5 heterocycles. The molecule has 0 bridgehead atoms. The predicted molar refractivity (Wildman–Crippen MR) is 175 cm³/mol. The Bertz CT molecular complexity index is 1290. The standard InChI is InChI=1S/C32H55NO24/c1-7-14(38)18(42)20(44)30(49-7)55-25-13(33-9(3)37)29(52-10(4-34)16(25)40)56-26-17(41)11(5-35)53-32(23(26)47)54-24-12(6-36)51-28(48)22(46)27(24)57-31-21(45)19(43)15(39)8(2)50-31/h7-8,10-32,34-36,38-48H,4-6H2,1-3H3,(H,33,37)/t7-,8-,10+,11+,12+,13+,14+,15+,16+,17-,18+,19+,20-,21-,22+,23+,24+,25+,26-,27+,28?,29-,30-,31-,32-/m0/s1. The molecule has 15 N–H and O–H groups in total. The predicted octanol–water partition coefficient (Wildman–Crippen LogP) is -9.73. The summed E-state index contributed by atoms with van der Waals surface area (Å²) in [4.78, 5) is 12.4. The molecule has 5 rings (SSSR count). The Labute approximate surface area is 324 Å². The summed E-state index contributed by atoms with van der Waals surface area (Å²) in [5.41, 5.74) is 0. The van der Waals surface area contributed by atoms with E-state index in [1.807, 2.05) is 0 Å². The lowest BCUT2D eigenvalue weighted by molar-refractivity contribution is -0.392. The fraction of sp³-hybridized carbons (Fsp3) is 0.969. The minimum absolute atomic E-state index is 0.764. The monoisotopic (exact) mass is 837 g/mol. The van der Waals surface area contributed by atoms with Crippen molar-refractivity contribution in [2.75, 3.05) is 19.8 Å². The quantitative estimate of drug-likeness (QED) is 0.0867. The average molecular weight is 838 g/mol. The van der Waals surface area contributed by atoms with Gasteiger partial charge in [-0.25, -0.2) is 0 Å². The van der Waals surface area contributed by atoms with E-state index in [1.165, 1.54) is 13.8 Å². The number of rotatable bonds is 12. The Morgan fingerprint density at radius 2 is 0.877 bits per heavy atom. The third-order valence-electron chi connectivity index (χ3n) is 10.6. The highest BCUT2D eigenvalue weighted by atomic mass is 16.8. The smallest absolute Gasteiger partial charge is 0.217 e. The lowest BCUT2D eigenvalue weighted by Crippen LogP contribution is -2.70. The Balaban J connectivity index is 1.42. The molecule has 25 atom stereocenters. The molecule has 57 heavy (non-hydrogen) atoms. The van der Waals surface area contributed by atoms with Gasteiger partial charge in [0.05, 0.1) is 32.0 Å². The number of nitrogens with one attached hydrogen (secondary N) is 1. The normalized spacial score (nSPS) is 52.3. The van der Waals surface area contributed by atoms with Gasteiger partial charge in [-0.3, -0.25) is 4.79 Å². The minimum atomic E-state index is -2.12. The molecule has 25 heteroatoms. The van der Waals surface area contributed by atoms with E-state index in [9.17, 15) is 76.3 Å². The summed E-state index contributed by atoms with van der Waals surface area (Å²) in [6, 6.07) is -1.61. The zero-order valence-corrected chi connectivity index (χ0v) is 30.9. The zero-order valence-electron chi connectivity index (χ0n) is 30.9. The third-order valence-corrected chi connectivity index (χ3v) is 10.6. The van der Waals surface area contributed by atoms with Crippen LogP contribution in [-0.2, 0) is 47.4 Å². The van der Waals surface area contributed by atoms with E-state index in [2.05, 4.69) is 5.32 Å². The molecule has 0 aliphatic carbocycles. The van der Waals surface area contributed by atoms with Crippen LogP contribution in [0.25, 0.3) is 0 Å². The van der Waals surface area contributed by atoms with Crippen LogP contribution in [0, 0.1) is 0 Å². The van der Waals surface area contributed by atoms with E-state index in [4.69, 9.17) is 42.6 Å².